The monoisotopic (exact) mass is 437 g/mol. The van der Waals surface area contributed by atoms with Crippen molar-refractivity contribution in [3.63, 3.8) is 0 Å². The second-order valence-electron chi connectivity index (χ2n) is 8.53. The molecule has 1 aliphatic rings. The van der Waals surface area contributed by atoms with Crippen LogP contribution in [-0.2, 0) is 20.7 Å². The lowest BCUT2D eigenvalue weighted by atomic mass is 9.74. The Bertz CT molecular complexity index is 938. The molecule has 3 atom stereocenters. The van der Waals surface area contributed by atoms with Crippen LogP contribution in [0.3, 0.4) is 0 Å². The summed E-state index contributed by atoms with van der Waals surface area (Å²) in [5.74, 6) is -1.79. The lowest BCUT2D eigenvalue weighted by Crippen LogP contribution is -2.49. The van der Waals surface area contributed by atoms with E-state index in [-0.39, 0.29) is 18.1 Å². The summed E-state index contributed by atoms with van der Waals surface area (Å²) in [4.78, 5) is 37.5. The number of ketones is 1. The van der Waals surface area contributed by atoms with Crippen molar-refractivity contribution in [1.82, 2.24) is 0 Å². The van der Waals surface area contributed by atoms with E-state index in [1.807, 2.05) is 50.2 Å². The summed E-state index contributed by atoms with van der Waals surface area (Å²) >= 11 is 0. The first-order chi connectivity index (χ1) is 15.4. The van der Waals surface area contributed by atoms with Crippen molar-refractivity contribution >= 4 is 23.5 Å². The number of anilines is 1. The van der Waals surface area contributed by atoms with Gasteiger partial charge in [-0.2, -0.15) is 0 Å². The number of esters is 1. The SMILES string of the molecule is CCCC1(CCc2ccccc2)CC(=O)C(C(CC)c2cccc(NC(=O)O)c2)C(=O)O1. The van der Waals surface area contributed by atoms with E-state index in [4.69, 9.17) is 9.84 Å². The van der Waals surface area contributed by atoms with E-state index in [9.17, 15) is 14.4 Å². The molecule has 1 heterocycles. The molecular weight excluding hydrogens is 406 g/mol. The minimum atomic E-state index is -1.16. The smallest absolute Gasteiger partial charge is 0.409 e. The minimum Gasteiger partial charge on any atom is -0.465 e. The number of carbonyl (C=O) groups is 3. The molecule has 3 rings (SSSR count). The van der Waals surface area contributed by atoms with E-state index in [2.05, 4.69) is 5.32 Å². The number of carbonyl (C=O) groups excluding carboxylic acids is 2. The first-order valence-electron chi connectivity index (χ1n) is 11.3. The van der Waals surface area contributed by atoms with E-state index in [1.165, 1.54) is 0 Å². The molecule has 0 saturated carbocycles. The van der Waals surface area contributed by atoms with Crippen LogP contribution in [0.2, 0.25) is 0 Å². The maximum Gasteiger partial charge on any atom is 0.409 e. The highest BCUT2D eigenvalue weighted by atomic mass is 16.6. The second kappa shape index (κ2) is 10.4. The molecular formula is C26H31NO5. The number of ether oxygens (including phenoxy) is 1. The van der Waals surface area contributed by atoms with Gasteiger partial charge in [0.15, 0.2) is 5.78 Å². The largest absolute Gasteiger partial charge is 0.465 e. The number of cyclic esters (lactones) is 1. The van der Waals surface area contributed by atoms with Gasteiger partial charge in [0.2, 0.25) is 0 Å². The number of aryl methyl sites for hydroxylation is 1. The Kier molecular flexibility index (Phi) is 7.67. The summed E-state index contributed by atoms with van der Waals surface area (Å²) < 4.78 is 6.05. The zero-order valence-electron chi connectivity index (χ0n) is 18.7. The van der Waals surface area contributed by atoms with Gasteiger partial charge in [0, 0.05) is 18.0 Å². The Hall–Kier alpha value is -3.15. The Morgan fingerprint density at radius 3 is 2.50 bits per heavy atom. The van der Waals surface area contributed by atoms with Gasteiger partial charge < -0.3 is 9.84 Å². The summed E-state index contributed by atoms with van der Waals surface area (Å²) in [5.41, 5.74) is 1.55. The van der Waals surface area contributed by atoms with Crippen LogP contribution in [0.1, 0.15) is 63.0 Å². The number of hydrogen-bond donors (Lipinski definition) is 2. The third-order valence-corrected chi connectivity index (χ3v) is 6.24. The fourth-order valence-corrected chi connectivity index (χ4v) is 4.77. The topological polar surface area (TPSA) is 92.7 Å². The molecule has 6 nitrogen and oxygen atoms in total. The predicted octanol–water partition coefficient (Wildman–Crippen LogP) is 5.57. The highest BCUT2D eigenvalue weighted by Gasteiger charge is 2.48. The molecule has 2 aromatic rings. The van der Waals surface area contributed by atoms with E-state index in [0.717, 1.165) is 24.0 Å². The number of rotatable bonds is 9. The van der Waals surface area contributed by atoms with Crippen molar-refractivity contribution in [2.45, 2.75) is 63.9 Å². The van der Waals surface area contributed by atoms with Crippen LogP contribution in [0.4, 0.5) is 10.5 Å². The van der Waals surface area contributed by atoms with Crippen molar-refractivity contribution in [2.24, 2.45) is 5.92 Å². The molecule has 2 aromatic carbocycles. The first kappa shape index (κ1) is 23.5. The first-order valence-corrected chi connectivity index (χ1v) is 11.3. The number of nitrogens with one attached hydrogen (secondary N) is 1. The van der Waals surface area contributed by atoms with Crippen LogP contribution in [0.15, 0.2) is 54.6 Å². The van der Waals surface area contributed by atoms with E-state index >= 15 is 0 Å². The second-order valence-corrected chi connectivity index (χ2v) is 8.53. The van der Waals surface area contributed by atoms with Gasteiger partial charge in [-0.25, -0.2) is 4.79 Å². The zero-order chi connectivity index (χ0) is 23.1. The third kappa shape index (κ3) is 5.55. The summed E-state index contributed by atoms with van der Waals surface area (Å²) in [7, 11) is 0. The molecule has 3 unspecified atom stereocenters. The molecule has 32 heavy (non-hydrogen) atoms. The molecule has 6 heteroatoms. The van der Waals surface area contributed by atoms with Gasteiger partial charge in [-0.3, -0.25) is 14.9 Å². The molecule has 0 bridgehead atoms. The van der Waals surface area contributed by atoms with Gasteiger partial charge in [0.1, 0.15) is 11.5 Å². The van der Waals surface area contributed by atoms with Crippen LogP contribution < -0.4 is 5.32 Å². The van der Waals surface area contributed by atoms with Gasteiger partial charge in [-0.05, 0) is 48.9 Å². The van der Waals surface area contributed by atoms with Crippen molar-refractivity contribution in [2.75, 3.05) is 5.32 Å². The molecule has 1 saturated heterocycles. The van der Waals surface area contributed by atoms with Gasteiger partial charge >= 0.3 is 12.1 Å². The van der Waals surface area contributed by atoms with Crippen LogP contribution in [-0.4, -0.2) is 28.6 Å². The van der Waals surface area contributed by atoms with Gasteiger partial charge in [-0.1, -0.05) is 62.7 Å². The quantitative estimate of drug-likeness (QED) is 0.395. The van der Waals surface area contributed by atoms with Crippen molar-refractivity contribution in [3.8, 4) is 0 Å². The molecule has 1 fully saturated rings. The highest BCUT2D eigenvalue weighted by Crippen LogP contribution is 2.41. The standard InChI is InChI=1S/C26H31NO5/c1-3-14-26(15-13-18-9-6-5-7-10-18)17-22(28)23(24(29)32-26)21(4-2)19-11-8-12-20(16-19)27-25(30)31/h5-12,16,21,23,27H,3-4,13-15,17H2,1-2H3,(H,30,31). The Labute approximate surface area is 189 Å². The summed E-state index contributed by atoms with van der Waals surface area (Å²) in [6.07, 6.45) is 2.45. The summed E-state index contributed by atoms with van der Waals surface area (Å²) in [5, 5.41) is 11.3. The Balaban J connectivity index is 1.80. The molecule has 0 aromatic heterocycles. The lowest BCUT2D eigenvalue weighted by Gasteiger charge is -2.40. The molecule has 0 spiro atoms. The Morgan fingerprint density at radius 1 is 1.12 bits per heavy atom. The number of carboxylic acid groups (broad SMARTS) is 1. The molecule has 170 valence electrons. The van der Waals surface area contributed by atoms with Crippen LogP contribution >= 0.6 is 0 Å². The van der Waals surface area contributed by atoms with E-state index in [1.54, 1.807) is 18.2 Å². The number of benzene rings is 2. The van der Waals surface area contributed by atoms with Crippen molar-refractivity contribution < 1.29 is 24.2 Å². The molecule has 0 aliphatic carbocycles. The van der Waals surface area contributed by atoms with E-state index in [0.29, 0.717) is 24.9 Å². The molecule has 1 amide bonds. The van der Waals surface area contributed by atoms with Crippen LogP contribution in [0, 0.1) is 5.92 Å². The number of hydrogen-bond acceptors (Lipinski definition) is 4. The normalized spacial score (nSPS) is 21.6. The van der Waals surface area contributed by atoms with Gasteiger partial charge in [0.05, 0.1) is 0 Å². The van der Waals surface area contributed by atoms with Crippen LogP contribution in [0.25, 0.3) is 0 Å². The molecule has 1 aliphatic heterocycles. The minimum absolute atomic E-state index is 0.0915. The maximum atomic E-state index is 13.3. The van der Waals surface area contributed by atoms with Crippen LogP contribution in [0.5, 0.6) is 0 Å². The fraction of sp³-hybridized carbons (Fsp3) is 0.423. The van der Waals surface area contributed by atoms with Crippen molar-refractivity contribution in [3.05, 3.63) is 65.7 Å². The maximum absolute atomic E-state index is 13.3. The van der Waals surface area contributed by atoms with Gasteiger partial charge in [0.25, 0.3) is 0 Å². The zero-order valence-corrected chi connectivity index (χ0v) is 18.7. The summed E-state index contributed by atoms with van der Waals surface area (Å²) in [6.45, 7) is 3.95. The average molecular weight is 438 g/mol. The van der Waals surface area contributed by atoms with Crippen molar-refractivity contribution in [1.29, 1.82) is 0 Å². The average Bonchev–Trinajstić information content (AvgIpc) is 2.75. The van der Waals surface area contributed by atoms with Gasteiger partial charge in [-0.15, -0.1) is 0 Å². The fourth-order valence-electron chi connectivity index (χ4n) is 4.77. The van der Waals surface area contributed by atoms with E-state index < -0.39 is 23.6 Å². The molecule has 2 N–H and O–H groups in total. The third-order valence-electron chi connectivity index (χ3n) is 6.24. The summed E-state index contributed by atoms with van der Waals surface area (Å²) in [6, 6.07) is 16.9. The lowest BCUT2D eigenvalue weighted by molar-refractivity contribution is -0.180. The molecule has 0 radical (unpaired) electrons. The Morgan fingerprint density at radius 2 is 1.88 bits per heavy atom. The number of Topliss-reactive ketones (excluding diaryl/α,β-unsaturated/α-hetero) is 1. The number of amides is 1. The highest BCUT2D eigenvalue weighted by molar-refractivity contribution is 6.02. The predicted molar refractivity (Wildman–Crippen MR) is 123 cm³/mol.